The van der Waals surface area contributed by atoms with Gasteiger partial charge in [0.05, 0.1) is 23.1 Å². The number of aromatic nitrogens is 2. The van der Waals surface area contributed by atoms with Crippen molar-refractivity contribution in [1.29, 1.82) is 10.8 Å². The van der Waals surface area contributed by atoms with Gasteiger partial charge in [0.15, 0.2) is 0 Å². The highest BCUT2D eigenvalue weighted by molar-refractivity contribution is 6.16. The summed E-state index contributed by atoms with van der Waals surface area (Å²) in [5.41, 5.74) is 1.44. The number of anilines is 1. The van der Waals surface area contributed by atoms with Crippen molar-refractivity contribution in [2.75, 3.05) is 31.6 Å². The van der Waals surface area contributed by atoms with Crippen molar-refractivity contribution >= 4 is 17.2 Å². The van der Waals surface area contributed by atoms with E-state index in [4.69, 9.17) is 15.6 Å². The minimum Gasteiger partial charge on any atom is -0.368 e. The Bertz CT molecular complexity index is 802. The molecule has 3 atom stereocenters. The molecular weight excluding hydrogens is 352 g/mol. The maximum absolute atomic E-state index is 8.73. The lowest BCUT2D eigenvalue weighted by Crippen LogP contribution is -2.50. The molecule has 2 aliphatic carbocycles. The molecule has 1 saturated carbocycles. The van der Waals surface area contributed by atoms with Crippen molar-refractivity contribution in [3.05, 3.63) is 30.2 Å². The zero-order valence-electron chi connectivity index (χ0n) is 17.0. The summed E-state index contributed by atoms with van der Waals surface area (Å²) in [6, 6.07) is 2.37. The van der Waals surface area contributed by atoms with Crippen LogP contribution in [0.15, 0.2) is 24.5 Å². The number of likely N-dealkylation sites (N-methyl/N-ethyl adjacent to an activating group) is 1. The van der Waals surface area contributed by atoms with Crippen LogP contribution in [0.2, 0.25) is 0 Å². The van der Waals surface area contributed by atoms with Gasteiger partial charge >= 0.3 is 0 Å². The number of rotatable bonds is 5. The predicted molar refractivity (Wildman–Crippen MR) is 111 cm³/mol. The summed E-state index contributed by atoms with van der Waals surface area (Å²) in [4.78, 5) is 13.4. The van der Waals surface area contributed by atoms with E-state index in [1.54, 1.807) is 12.4 Å². The van der Waals surface area contributed by atoms with Gasteiger partial charge in [-0.25, -0.2) is 9.97 Å². The zero-order valence-corrected chi connectivity index (χ0v) is 17.0. The van der Waals surface area contributed by atoms with Crippen molar-refractivity contribution in [2.45, 2.75) is 50.9 Å². The third kappa shape index (κ3) is 4.00. The first-order chi connectivity index (χ1) is 13.3. The molecule has 0 radical (unpaired) electrons. The Hall–Kier alpha value is -2.12. The molecule has 2 heterocycles. The normalized spacial score (nSPS) is 29.8. The molecule has 7 nitrogen and oxygen atoms in total. The summed E-state index contributed by atoms with van der Waals surface area (Å²) in [5.74, 6) is 0.581. The lowest BCUT2D eigenvalue weighted by Gasteiger charge is -2.38. The van der Waals surface area contributed by atoms with Crippen LogP contribution < -0.4 is 4.90 Å². The van der Waals surface area contributed by atoms with E-state index in [0.29, 0.717) is 29.6 Å². The van der Waals surface area contributed by atoms with Gasteiger partial charge in [-0.1, -0.05) is 6.08 Å². The molecule has 1 aromatic rings. The molecule has 1 aromatic heterocycles. The fourth-order valence-corrected chi connectivity index (χ4v) is 3.89. The van der Waals surface area contributed by atoms with Crippen molar-refractivity contribution in [3.63, 3.8) is 0 Å². The monoisotopic (exact) mass is 382 g/mol. The highest BCUT2D eigenvalue weighted by atomic mass is 16.5. The first kappa shape index (κ1) is 19.2. The smallest absolute Gasteiger partial charge is 0.132 e. The average molecular weight is 383 g/mol. The first-order valence-corrected chi connectivity index (χ1v) is 10.2. The average Bonchev–Trinajstić information content (AvgIpc) is 3.42. The zero-order chi connectivity index (χ0) is 19.9. The van der Waals surface area contributed by atoms with E-state index < -0.39 is 0 Å². The summed E-state index contributed by atoms with van der Waals surface area (Å²) in [6.45, 7) is 7.17. The molecule has 3 aliphatic rings. The molecule has 28 heavy (non-hydrogen) atoms. The maximum atomic E-state index is 8.73. The summed E-state index contributed by atoms with van der Waals surface area (Å²) in [7, 11) is 2.14. The van der Waals surface area contributed by atoms with Crippen LogP contribution in [-0.2, 0) is 4.74 Å². The third-order valence-corrected chi connectivity index (χ3v) is 6.28. The Morgan fingerprint density at radius 1 is 1.29 bits per heavy atom. The number of ether oxygens (including phenoxy) is 1. The Morgan fingerprint density at radius 3 is 2.79 bits per heavy atom. The number of piperazine rings is 1. The lowest BCUT2D eigenvalue weighted by molar-refractivity contribution is -0.000110. The molecule has 1 aliphatic heterocycles. The lowest BCUT2D eigenvalue weighted by atomic mass is 9.85. The second-order valence-corrected chi connectivity index (χ2v) is 8.66. The topological polar surface area (TPSA) is 89.2 Å². The Labute approximate surface area is 166 Å². The number of hydrogen-bond acceptors (Lipinski definition) is 7. The molecule has 0 amide bonds. The highest BCUT2D eigenvalue weighted by Gasteiger charge is 2.41. The van der Waals surface area contributed by atoms with Gasteiger partial charge in [-0.15, -0.1) is 0 Å². The van der Waals surface area contributed by atoms with Crippen LogP contribution in [0.25, 0.3) is 0 Å². The molecule has 150 valence electrons. The minimum absolute atomic E-state index is 0.0124. The fraction of sp³-hybridized carbons (Fsp3) is 0.619. The van der Waals surface area contributed by atoms with E-state index >= 15 is 0 Å². The van der Waals surface area contributed by atoms with Crippen LogP contribution in [0.1, 0.15) is 38.8 Å². The van der Waals surface area contributed by atoms with Gasteiger partial charge in [0.1, 0.15) is 12.1 Å². The van der Waals surface area contributed by atoms with Gasteiger partial charge in [0, 0.05) is 43.4 Å². The maximum Gasteiger partial charge on any atom is 0.132 e. The van der Waals surface area contributed by atoms with Crippen molar-refractivity contribution in [2.24, 2.45) is 5.92 Å². The van der Waals surface area contributed by atoms with Gasteiger partial charge in [-0.3, -0.25) is 0 Å². The summed E-state index contributed by atoms with van der Waals surface area (Å²) in [6.07, 6.45) is 8.09. The van der Waals surface area contributed by atoms with Gasteiger partial charge in [0.25, 0.3) is 0 Å². The van der Waals surface area contributed by atoms with E-state index in [9.17, 15) is 0 Å². The van der Waals surface area contributed by atoms with Crippen molar-refractivity contribution < 1.29 is 4.74 Å². The van der Waals surface area contributed by atoms with Crippen molar-refractivity contribution in [1.82, 2.24) is 14.9 Å². The quantitative estimate of drug-likeness (QED) is 0.764. The second kappa shape index (κ2) is 7.37. The van der Waals surface area contributed by atoms with Crippen LogP contribution >= 0.6 is 0 Å². The standard InChI is InChI=1S/C21H30N6O/c1-14-12-27(9-8-26(14)3)19-11-18(24-13-25-19)20(23)16-10-15(4-5-17(16)22)28-21(2)6-7-21/h4-5,11,13-16,22-23H,6-10,12H2,1-3H3. The van der Waals surface area contributed by atoms with Crippen LogP contribution in [0.3, 0.4) is 0 Å². The van der Waals surface area contributed by atoms with E-state index in [1.165, 1.54) is 0 Å². The van der Waals surface area contributed by atoms with E-state index in [1.807, 2.05) is 12.1 Å². The molecule has 3 unspecified atom stereocenters. The Kier molecular flexibility index (Phi) is 5.05. The third-order valence-electron chi connectivity index (χ3n) is 6.28. The van der Waals surface area contributed by atoms with Gasteiger partial charge < -0.3 is 25.4 Å². The largest absolute Gasteiger partial charge is 0.368 e. The van der Waals surface area contributed by atoms with Crippen LogP contribution in [0, 0.1) is 16.7 Å². The fourth-order valence-electron chi connectivity index (χ4n) is 3.89. The summed E-state index contributed by atoms with van der Waals surface area (Å²) >= 11 is 0. The van der Waals surface area contributed by atoms with Crippen molar-refractivity contribution in [3.8, 4) is 0 Å². The van der Waals surface area contributed by atoms with E-state index in [-0.39, 0.29) is 17.6 Å². The first-order valence-electron chi connectivity index (χ1n) is 10.2. The minimum atomic E-state index is -0.286. The molecule has 1 saturated heterocycles. The molecule has 2 N–H and O–H groups in total. The summed E-state index contributed by atoms with van der Waals surface area (Å²) in [5, 5.41) is 17.0. The number of nitrogens with one attached hydrogen (secondary N) is 2. The van der Waals surface area contributed by atoms with Crippen LogP contribution in [0.4, 0.5) is 5.82 Å². The molecule has 0 aromatic carbocycles. The molecule has 0 spiro atoms. The number of nitrogens with zero attached hydrogens (tertiary/aromatic N) is 4. The van der Waals surface area contributed by atoms with Crippen LogP contribution in [-0.4, -0.2) is 70.7 Å². The Balaban J connectivity index is 1.48. The van der Waals surface area contributed by atoms with Crippen LogP contribution in [0.5, 0.6) is 0 Å². The molecule has 7 heteroatoms. The number of allylic oxidation sites excluding steroid dienone is 1. The van der Waals surface area contributed by atoms with Gasteiger partial charge in [-0.05, 0) is 46.2 Å². The Morgan fingerprint density at radius 2 is 2.07 bits per heavy atom. The second-order valence-electron chi connectivity index (χ2n) is 8.66. The van der Waals surface area contributed by atoms with Gasteiger partial charge in [0.2, 0.25) is 0 Å². The highest BCUT2D eigenvalue weighted by Crippen LogP contribution is 2.41. The molecular formula is C21H30N6O. The van der Waals surface area contributed by atoms with E-state index in [0.717, 1.165) is 38.3 Å². The molecule has 0 bridgehead atoms. The molecule has 2 fully saturated rings. The molecule has 4 rings (SSSR count). The van der Waals surface area contributed by atoms with E-state index in [2.05, 4.69) is 40.7 Å². The van der Waals surface area contributed by atoms with Gasteiger partial charge in [-0.2, -0.15) is 0 Å². The predicted octanol–water partition coefficient (Wildman–Crippen LogP) is 2.52. The SMILES string of the molecule is CC1CN(c2cc(C(=N)C3CC(OC4(C)CC4)C=CC3=N)ncn2)CCN1C. The number of hydrogen-bond donors (Lipinski definition) is 2. The summed E-state index contributed by atoms with van der Waals surface area (Å²) < 4.78 is 6.17.